The Kier molecular flexibility index (Phi) is 3.58. The zero-order valence-electron chi connectivity index (χ0n) is 9.63. The highest BCUT2D eigenvalue weighted by Gasteiger charge is 2.41. The van der Waals surface area contributed by atoms with Crippen LogP contribution in [0.25, 0.3) is 0 Å². The molecule has 0 bridgehead atoms. The van der Waals surface area contributed by atoms with Crippen LogP contribution in [0.4, 0.5) is 10.1 Å². The van der Waals surface area contributed by atoms with E-state index in [0.717, 1.165) is 6.54 Å². The summed E-state index contributed by atoms with van der Waals surface area (Å²) in [5.74, 6) is -0.364. The summed E-state index contributed by atoms with van der Waals surface area (Å²) in [5.41, 5.74) is 6.56. The first-order valence-corrected chi connectivity index (χ1v) is 7.09. The molecule has 2 rings (SSSR count). The van der Waals surface area contributed by atoms with Gasteiger partial charge >= 0.3 is 0 Å². The molecule has 0 atom stereocenters. The van der Waals surface area contributed by atoms with Gasteiger partial charge in [-0.05, 0) is 31.2 Å². The fraction of sp³-hybridized carbons (Fsp3) is 0.417. The molecule has 0 saturated heterocycles. The monoisotopic (exact) mass is 270 g/mol. The van der Waals surface area contributed by atoms with E-state index >= 15 is 0 Å². The zero-order chi connectivity index (χ0) is 12.5. The quantitative estimate of drug-likeness (QED) is 0.807. The van der Waals surface area contributed by atoms with Gasteiger partial charge < -0.3 is 11.1 Å². The molecule has 0 unspecified atom stereocenters. The third-order valence-corrected chi connectivity index (χ3v) is 4.72. The van der Waals surface area contributed by atoms with Crippen LogP contribution in [0.5, 0.6) is 0 Å². The molecule has 1 fully saturated rings. The van der Waals surface area contributed by atoms with Crippen molar-refractivity contribution >= 4 is 34.7 Å². The molecule has 3 N–H and O–H groups in total. The third kappa shape index (κ3) is 2.72. The number of nitrogens with one attached hydrogen (secondary N) is 1. The van der Waals surface area contributed by atoms with Crippen LogP contribution in [0.15, 0.2) is 18.2 Å². The Morgan fingerprint density at radius 1 is 1.59 bits per heavy atom. The summed E-state index contributed by atoms with van der Waals surface area (Å²) in [6.07, 6.45) is 4.52. The van der Waals surface area contributed by atoms with E-state index in [1.54, 1.807) is 6.07 Å². The van der Waals surface area contributed by atoms with Crippen molar-refractivity contribution < 1.29 is 4.39 Å². The first-order chi connectivity index (χ1) is 8.08. The van der Waals surface area contributed by atoms with Gasteiger partial charge in [-0.1, -0.05) is 18.3 Å². The Balaban J connectivity index is 2.15. The lowest BCUT2D eigenvalue weighted by Gasteiger charge is -2.16. The van der Waals surface area contributed by atoms with Crippen LogP contribution in [-0.2, 0) is 0 Å². The number of rotatable bonds is 5. The van der Waals surface area contributed by atoms with E-state index in [-0.39, 0.29) is 10.8 Å². The average Bonchev–Trinajstić information content (AvgIpc) is 3.06. The number of hydrogen-bond donors (Lipinski definition) is 2. The van der Waals surface area contributed by atoms with E-state index in [1.807, 2.05) is 17.8 Å². The highest BCUT2D eigenvalue weighted by molar-refractivity contribution is 8.00. The standard InChI is InChI=1S/C12H15FN2S2/c1-17-12(5-6-12)7-15-9-4-2-3-8(13)10(9)11(14)16/h2-4,15H,5-7H2,1H3,(H2,14,16). The molecule has 5 heteroatoms. The number of thioether (sulfide) groups is 1. The summed E-state index contributed by atoms with van der Waals surface area (Å²) >= 11 is 6.74. The molecule has 0 amide bonds. The van der Waals surface area contributed by atoms with Crippen LogP contribution in [0.3, 0.4) is 0 Å². The van der Waals surface area contributed by atoms with Crippen LogP contribution >= 0.6 is 24.0 Å². The molecular formula is C12H15FN2S2. The van der Waals surface area contributed by atoms with Gasteiger partial charge in [0.2, 0.25) is 0 Å². The van der Waals surface area contributed by atoms with Crippen LogP contribution in [-0.4, -0.2) is 22.5 Å². The third-order valence-electron chi connectivity index (χ3n) is 3.10. The SMILES string of the molecule is CSC1(CNc2cccc(F)c2C(N)=S)CC1. The molecule has 0 spiro atoms. The summed E-state index contributed by atoms with van der Waals surface area (Å²) in [4.78, 5) is 0.0969. The average molecular weight is 270 g/mol. The van der Waals surface area contributed by atoms with Gasteiger partial charge in [0.25, 0.3) is 0 Å². The van der Waals surface area contributed by atoms with Gasteiger partial charge in [0.15, 0.2) is 0 Å². The Labute approximate surface area is 110 Å². The molecule has 0 heterocycles. The number of benzene rings is 1. The smallest absolute Gasteiger partial charge is 0.135 e. The van der Waals surface area contributed by atoms with Gasteiger partial charge in [-0.3, -0.25) is 0 Å². The molecule has 0 aliphatic heterocycles. The fourth-order valence-electron chi connectivity index (χ4n) is 1.77. The van der Waals surface area contributed by atoms with Crippen molar-refractivity contribution in [1.29, 1.82) is 0 Å². The molecule has 1 aromatic rings. The lowest BCUT2D eigenvalue weighted by Crippen LogP contribution is -2.21. The van der Waals surface area contributed by atoms with Crippen LogP contribution < -0.4 is 11.1 Å². The predicted molar refractivity (Wildman–Crippen MR) is 76.3 cm³/mol. The molecule has 1 aliphatic carbocycles. The molecule has 1 aliphatic rings. The number of anilines is 1. The Hall–Kier alpha value is -0.810. The van der Waals surface area contributed by atoms with Crippen LogP contribution in [0.2, 0.25) is 0 Å². The zero-order valence-corrected chi connectivity index (χ0v) is 11.3. The van der Waals surface area contributed by atoms with Crippen molar-refractivity contribution in [3.05, 3.63) is 29.6 Å². The van der Waals surface area contributed by atoms with Crippen LogP contribution in [0.1, 0.15) is 18.4 Å². The first kappa shape index (κ1) is 12.6. The van der Waals surface area contributed by atoms with Gasteiger partial charge in [0, 0.05) is 17.0 Å². The fourth-order valence-corrected chi connectivity index (χ4v) is 2.70. The molecule has 0 radical (unpaired) electrons. The largest absolute Gasteiger partial charge is 0.389 e. The first-order valence-electron chi connectivity index (χ1n) is 5.45. The Morgan fingerprint density at radius 2 is 2.29 bits per heavy atom. The minimum atomic E-state index is -0.364. The van der Waals surface area contributed by atoms with E-state index in [4.69, 9.17) is 18.0 Å². The Bertz CT molecular complexity index is 444. The number of nitrogens with two attached hydrogens (primary N) is 1. The van der Waals surface area contributed by atoms with Crippen molar-refractivity contribution in [2.24, 2.45) is 5.73 Å². The maximum atomic E-state index is 13.6. The maximum Gasteiger partial charge on any atom is 0.135 e. The minimum Gasteiger partial charge on any atom is -0.389 e. The summed E-state index contributed by atoms with van der Waals surface area (Å²) in [5, 5.41) is 3.26. The predicted octanol–water partition coefficient (Wildman–Crippen LogP) is 2.77. The molecule has 92 valence electrons. The number of thiocarbonyl (C=S) groups is 1. The van der Waals surface area contributed by atoms with Gasteiger partial charge in [0.1, 0.15) is 10.8 Å². The molecule has 2 nitrogen and oxygen atoms in total. The Morgan fingerprint density at radius 3 is 2.82 bits per heavy atom. The molecule has 0 aromatic heterocycles. The second-order valence-electron chi connectivity index (χ2n) is 4.27. The summed E-state index contributed by atoms with van der Waals surface area (Å²) in [6, 6.07) is 4.85. The number of hydrogen-bond acceptors (Lipinski definition) is 3. The summed E-state index contributed by atoms with van der Waals surface area (Å²) in [7, 11) is 0. The molecule has 1 aromatic carbocycles. The van der Waals surface area contributed by atoms with E-state index < -0.39 is 0 Å². The van der Waals surface area contributed by atoms with Gasteiger partial charge in [0.05, 0.1) is 5.56 Å². The molecule has 17 heavy (non-hydrogen) atoms. The summed E-state index contributed by atoms with van der Waals surface area (Å²) < 4.78 is 13.9. The normalized spacial score (nSPS) is 16.6. The van der Waals surface area contributed by atoms with Crippen molar-refractivity contribution in [3.8, 4) is 0 Å². The maximum absolute atomic E-state index is 13.6. The van der Waals surface area contributed by atoms with E-state index in [9.17, 15) is 4.39 Å². The molecule has 1 saturated carbocycles. The van der Waals surface area contributed by atoms with E-state index in [1.165, 1.54) is 18.9 Å². The van der Waals surface area contributed by atoms with Crippen molar-refractivity contribution in [2.45, 2.75) is 17.6 Å². The number of halogens is 1. The van der Waals surface area contributed by atoms with Crippen molar-refractivity contribution in [2.75, 3.05) is 18.1 Å². The van der Waals surface area contributed by atoms with Crippen molar-refractivity contribution in [1.82, 2.24) is 0 Å². The molecular weight excluding hydrogens is 255 g/mol. The van der Waals surface area contributed by atoms with Crippen molar-refractivity contribution in [3.63, 3.8) is 0 Å². The highest BCUT2D eigenvalue weighted by atomic mass is 32.2. The second kappa shape index (κ2) is 4.82. The summed E-state index contributed by atoms with van der Waals surface area (Å²) in [6.45, 7) is 0.827. The lowest BCUT2D eigenvalue weighted by molar-refractivity contribution is 0.626. The van der Waals surface area contributed by atoms with E-state index in [0.29, 0.717) is 16.0 Å². The van der Waals surface area contributed by atoms with Gasteiger partial charge in [-0.15, -0.1) is 0 Å². The highest BCUT2D eigenvalue weighted by Crippen LogP contribution is 2.47. The topological polar surface area (TPSA) is 38.0 Å². The van der Waals surface area contributed by atoms with Crippen LogP contribution in [0, 0.1) is 5.82 Å². The van der Waals surface area contributed by atoms with Gasteiger partial charge in [-0.25, -0.2) is 4.39 Å². The van der Waals surface area contributed by atoms with E-state index in [2.05, 4.69) is 11.6 Å². The lowest BCUT2D eigenvalue weighted by atomic mass is 10.1. The second-order valence-corrected chi connectivity index (χ2v) is 5.98. The van der Waals surface area contributed by atoms with Gasteiger partial charge in [-0.2, -0.15) is 11.8 Å². The minimum absolute atomic E-state index is 0.0969.